The molecule has 0 rings (SSSR count). The molecule has 1 amide bonds. The average Bonchev–Trinajstić information content (AvgIpc) is 2.10. The Balaban J connectivity index is 3.14. The van der Waals surface area contributed by atoms with Crippen LogP contribution in [0.3, 0.4) is 0 Å². The molecular formula is C10H22N2O2. The zero-order chi connectivity index (χ0) is 10.8. The van der Waals surface area contributed by atoms with Crippen LogP contribution in [0.15, 0.2) is 0 Å². The van der Waals surface area contributed by atoms with Gasteiger partial charge in [0.25, 0.3) is 0 Å². The molecule has 0 bridgehead atoms. The van der Waals surface area contributed by atoms with Crippen LogP contribution in [0.1, 0.15) is 33.1 Å². The van der Waals surface area contributed by atoms with Crippen LogP contribution in [0.5, 0.6) is 0 Å². The Morgan fingerprint density at radius 3 is 2.79 bits per heavy atom. The van der Waals surface area contributed by atoms with E-state index in [0.29, 0.717) is 13.0 Å². The monoisotopic (exact) mass is 202 g/mol. The molecule has 1 atom stereocenters. The Bertz CT molecular complexity index is 151. The van der Waals surface area contributed by atoms with Gasteiger partial charge >= 0.3 is 0 Å². The van der Waals surface area contributed by atoms with Crippen molar-refractivity contribution in [2.45, 2.75) is 39.2 Å². The lowest BCUT2D eigenvalue weighted by molar-refractivity contribution is -0.118. The first-order valence-electron chi connectivity index (χ1n) is 5.26. The fraction of sp³-hybridized carbons (Fsp3) is 0.900. The lowest BCUT2D eigenvalue weighted by Gasteiger charge is -2.11. The van der Waals surface area contributed by atoms with Gasteiger partial charge in [-0.3, -0.25) is 4.79 Å². The van der Waals surface area contributed by atoms with Gasteiger partial charge in [0.2, 0.25) is 5.91 Å². The number of carbonyl (C=O) groups is 1. The number of primary amides is 1. The summed E-state index contributed by atoms with van der Waals surface area (Å²) in [6.45, 7) is 6.37. The summed E-state index contributed by atoms with van der Waals surface area (Å²) in [7, 11) is 0. The molecule has 4 heteroatoms. The predicted molar refractivity (Wildman–Crippen MR) is 57.0 cm³/mol. The number of carbonyl (C=O) groups excluding carboxylic acids is 1. The highest BCUT2D eigenvalue weighted by molar-refractivity contribution is 5.74. The van der Waals surface area contributed by atoms with E-state index < -0.39 is 0 Å². The smallest absolute Gasteiger partial charge is 0.218 e. The summed E-state index contributed by atoms with van der Waals surface area (Å²) in [5.74, 6) is -0.267. The van der Waals surface area contributed by atoms with E-state index in [1.807, 2.05) is 6.92 Å². The molecule has 1 unspecified atom stereocenters. The SMILES string of the molecule is CCCCOCCNC(C)CC(N)=O. The number of unbranched alkanes of at least 4 members (excludes halogenated alkanes) is 1. The van der Waals surface area contributed by atoms with Crippen molar-refractivity contribution >= 4 is 5.91 Å². The van der Waals surface area contributed by atoms with Crippen LogP contribution < -0.4 is 11.1 Å². The minimum atomic E-state index is -0.267. The maximum Gasteiger partial charge on any atom is 0.218 e. The molecule has 0 fully saturated rings. The highest BCUT2D eigenvalue weighted by Crippen LogP contribution is 1.89. The average molecular weight is 202 g/mol. The third-order valence-corrected chi connectivity index (χ3v) is 1.89. The van der Waals surface area contributed by atoms with Crippen molar-refractivity contribution < 1.29 is 9.53 Å². The molecule has 3 N–H and O–H groups in total. The van der Waals surface area contributed by atoms with Gasteiger partial charge < -0.3 is 15.8 Å². The third kappa shape index (κ3) is 9.48. The van der Waals surface area contributed by atoms with Crippen LogP contribution in [0.2, 0.25) is 0 Å². The summed E-state index contributed by atoms with van der Waals surface area (Å²) in [6, 6.07) is 0.141. The van der Waals surface area contributed by atoms with Gasteiger partial charge in [-0.15, -0.1) is 0 Å². The Morgan fingerprint density at radius 1 is 1.50 bits per heavy atom. The number of ether oxygens (including phenoxy) is 1. The van der Waals surface area contributed by atoms with E-state index in [1.165, 1.54) is 0 Å². The highest BCUT2D eigenvalue weighted by Gasteiger charge is 2.03. The van der Waals surface area contributed by atoms with Crippen molar-refractivity contribution in [1.82, 2.24) is 5.32 Å². The zero-order valence-electron chi connectivity index (χ0n) is 9.21. The second-order valence-electron chi connectivity index (χ2n) is 3.49. The predicted octanol–water partition coefficient (Wildman–Crippen LogP) is 0.657. The van der Waals surface area contributed by atoms with Crippen molar-refractivity contribution in [2.75, 3.05) is 19.8 Å². The number of hydrogen-bond acceptors (Lipinski definition) is 3. The van der Waals surface area contributed by atoms with Crippen molar-refractivity contribution in [3.8, 4) is 0 Å². The molecule has 4 nitrogen and oxygen atoms in total. The fourth-order valence-electron chi connectivity index (χ4n) is 1.10. The molecular weight excluding hydrogens is 180 g/mol. The number of hydrogen-bond donors (Lipinski definition) is 2. The first-order valence-corrected chi connectivity index (χ1v) is 5.26. The summed E-state index contributed by atoms with van der Waals surface area (Å²) in [5, 5.41) is 3.17. The van der Waals surface area contributed by atoms with Crippen molar-refractivity contribution in [2.24, 2.45) is 5.73 Å². The molecule has 0 aromatic rings. The molecule has 0 spiro atoms. The van der Waals surface area contributed by atoms with Gasteiger partial charge in [-0.2, -0.15) is 0 Å². The maximum atomic E-state index is 10.5. The lowest BCUT2D eigenvalue weighted by Crippen LogP contribution is -2.33. The standard InChI is InChI=1S/C10H22N2O2/c1-3-4-6-14-7-5-12-9(2)8-10(11)13/h9,12H,3-8H2,1-2H3,(H2,11,13). The molecule has 0 aromatic heterocycles. The van der Waals surface area contributed by atoms with Gasteiger partial charge in [-0.05, 0) is 13.3 Å². The second kappa shape index (κ2) is 8.97. The van der Waals surface area contributed by atoms with Gasteiger partial charge in [0, 0.05) is 25.6 Å². The summed E-state index contributed by atoms with van der Waals surface area (Å²) in [4.78, 5) is 10.5. The van der Waals surface area contributed by atoms with Crippen molar-refractivity contribution in [1.29, 1.82) is 0 Å². The quantitative estimate of drug-likeness (QED) is 0.540. The Kier molecular flexibility index (Phi) is 8.57. The first-order chi connectivity index (χ1) is 6.66. The fourth-order valence-corrected chi connectivity index (χ4v) is 1.10. The minimum absolute atomic E-state index is 0.141. The Labute approximate surface area is 86.2 Å². The normalized spacial score (nSPS) is 12.7. The molecule has 0 heterocycles. The largest absolute Gasteiger partial charge is 0.380 e. The summed E-state index contributed by atoms with van der Waals surface area (Å²) < 4.78 is 5.35. The minimum Gasteiger partial charge on any atom is -0.380 e. The van der Waals surface area contributed by atoms with Crippen LogP contribution in [-0.2, 0) is 9.53 Å². The van der Waals surface area contributed by atoms with Crippen LogP contribution >= 0.6 is 0 Å². The number of nitrogens with two attached hydrogens (primary N) is 1. The molecule has 14 heavy (non-hydrogen) atoms. The molecule has 0 aliphatic rings. The Hall–Kier alpha value is -0.610. The van der Waals surface area contributed by atoms with E-state index in [2.05, 4.69) is 12.2 Å². The van der Waals surface area contributed by atoms with Gasteiger partial charge in [0.1, 0.15) is 0 Å². The zero-order valence-corrected chi connectivity index (χ0v) is 9.21. The van der Waals surface area contributed by atoms with E-state index >= 15 is 0 Å². The maximum absolute atomic E-state index is 10.5. The van der Waals surface area contributed by atoms with Crippen molar-refractivity contribution in [3.05, 3.63) is 0 Å². The topological polar surface area (TPSA) is 64.3 Å². The number of rotatable bonds is 9. The number of amides is 1. The Morgan fingerprint density at radius 2 is 2.21 bits per heavy atom. The highest BCUT2D eigenvalue weighted by atomic mass is 16.5. The van der Waals surface area contributed by atoms with Crippen LogP contribution in [-0.4, -0.2) is 31.7 Å². The summed E-state index contributed by atoms with van der Waals surface area (Å²) >= 11 is 0. The van der Waals surface area contributed by atoms with E-state index in [4.69, 9.17) is 10.5 Å². The van der Waals surface area contributed by atoms with Crippen LogP contribution in [0.4, 0.5) is 0 Å². The lowest BCUT2D eigenvalue weighted by atomic mass is 10.2. The molecule has 0 aliphatic carbocycles. The number of nitrogens with one attached hydrogen (secondary N) is 1. The van der Waals surface area contributed by atoms with Gasteiger partial charge in [0.05, 0.1) is 6.61 Å². The molecule has 84 valence electrons. The first kappa shape index (κ1) is 13.4. The van der Waals surface area contributed by atoms with E-state index in [-0.39, 0.29) is 11.9 Å². The molecule has 0 aliphatic heterocycles. The molecule has 0 aromatic carbocycles. The van der Waals surface area contributed by atoms with Crippen LogP contribution in [0, 0.1) is 0 Å². The molecule has 0 radical (unpaired) electrons. The van der Waals surface area contributed by atoms with Gasteiger partial charge in [0.15, 0.2) is 0 Å². The third-order valence-electron chi connectivity index (χ3n) is 1.89. The summed E-state index contributed by atoms with van der Waals surface area (Å²) in [6.07, 6.45) is 2.65. The van der Waals surface area contributed by atoms with E-state index in [9.17, 15) is 4.79 Å². The van der Waals surface area contributed by atoms with Crippen LogP contribution in [0.25, 0.3) is 0 Å². The van der Waals surface area contributed by atoms with E-state index in [1.54, 1.807) is 0 Å². The van der Waals surface area contributed by atoms with Gasteiger partial charge in [-0.25, -0.2) is 0 Å². The molecule has 0 saturated heterocycles. The second-order valence-corrected chi connectivity index (χ2v) is 3.49. The summed E-state index contributed by atoms with van der Waals surface area (Å²) in [5.41, 5.74) is 5.05. The van der Waals surface area contributed by atoms with Gasteiger partial charge in [-0.1, -0.05) is 13.3 Å². The molecule has 0 saturated carbocycles. The van der Waals surface area contributed by atoms with E-state index in [0.717, 1.165) is 26.0 Å². The van der Waals surface area contributed by atoms with Crippen molar-refractivity contribution in [3.63, 3.8) is 0 Å².